The summed E-state index contributed by atoms with van der Waals surface area (Å²) >= 11 is 0. The maximum absolute atomic E-state index is 13.5. The number of ketones is 1. The van der Waals surface area contributed by atoms with Gasteiger partial charge in [-0.2, -0.15) is 0 Å². The number of aliphatic hydroxyl groups is 1. The van der Waals surface area contributed by atoms with Gasteiger partial charge in [-0.05, 0) is 68.8 Å². The third-order valence-corrected chi connectivity index (χ3v) is 7.39. The normalized spacial score (nSPS) is 18.4. The number of likely N-dealkylation sites (N-methyl/N-ethyl adjacent to an activating group) is 1. The number of nitrogens with zero attached hydrogens (tertiary/aromatic N) is 3. The number of benzene rings is 3. The van der Waals surface area contributed by atoms with Crippen molar-refractivity contribution in [1.29, 1.82) is 0 Å². The Balaban J connectivity index is 1.65. The fourth-order valence-electron chi connectivity index (χ4n) is 5.32. The molecule has 196 valence electrons. The Morgan fingerprint density at radius 3 is 2.45 bits per heavy atom. The molecule has 1 saturated heterocycles. The van der Waals surface area contributed by atoms with E-state index in [9.17, 15) is 14.7 Å². The highest BCUT2D eigenvalue weighted by Crippen LogP contribution is 2.43. The summed E-state index contributed by atoms with van der Waals surface area (Å²) in [6, 6.07) is 20.0. The quantitative estimate of drug-likeness (QED) is 0.275. The molecule has 0 spiro atoms. The van der Waals surface area contributed by atoms with Crippen LogP contribution in [0.5, 0.6) is 5.75 Å². The molecular weight excluding hydrogens is 478 g/mol. The van der Waals surface area contributed by atoms with Crippen LogP contribution in [0.1, 0.15) is 36.6 Å². The number of Topliss-reactive ketones (excluding diaryl/α,β-unsaturated/α-hetero) is 1. The first-order valence-electron chi connectivity index (χ1n) is 13.0. The molecule has 0 bridgehead atoms. The Morgan fingerprint density at radius 2 is 1.76 bits per heavy atom. The topological polar surface area (TPSA) is 73.3 Å². The van der Waals surface area contributed by atoms with E-state index in [1.807, 2.05) is 73.5 Å². The lowest BCUT2D eigenvalue weighted by Crippen LogP contribution is -2.29. The van der Waals surface area contributed by atoms with Gasteiger partial charge in [0.1, 0.15) is 18.1 Å². The van der Waals surface area contributed by atoms with Gasteiger partial charge in [-0.3, -0.25) is 14.5 Å². The molecule has 1 unspecified atom stereocenters. The van der Waals surface area contributed by atoms with Crippen molar-refractivity contribution in [3.63, 3.8) is 0 Å². The molecule has 3 aromatic rings. The first-order valence-corrected chi connectivity index (χ1v) is 13.0. The molecule has 5 rings (SSSR count). The number of carbonyl (C=O) groups is 2. The molecule has 1 atom stereocenters. The molecule has 1 amide bonds. The molecule has 0 aromatic heterocycles. The highest BCUT2D eigenvalue weighted by molar-refractivity contribution is 6.51. The number of ether oxygens (including phenoxy) is 1. The van der Waals surface area contributed by atoms with E-state index in [1.165, 1.54) is 4.90 Å². The van der Waals surface area contributed by atoms with Crippen molar-refractivity contribution in [2.24, 2.45) is 0 Å². The largest absolute Gasteiger partial charge is 0.507 e. The molecule has 1 N–H and O–H groups in total. The lowest BCUT2D eigenvalue weighted by molar-refractivity contribution is -0.132. The summed E-state index contributed by atoms with van der Waals surface area (Å²) in [5.41, 5.74) is 4.78. The number of amides is 1. The average molecular weight is 512 g/mol. The summed E-state index contributed by atoms with van der Waals surface area (Å²) in [6.45, 7) is 9.19. The van der Waals surface area contributed by atoms with Crippen LogP contribution in [0.3, 0.4) is 0 Å². The van der Waals surface area contributed by atoms with Crippen LogP contribution in [0.4, 0.5) is 17.1 Å². The molecule has 1 fully saturated rings. The zero-order valence-corrected chi connectivity index (χ0v) is 22.3. The zero-order valence-electron chi connectivity index (χ0n) is 22.3. The molecule has 7 heteroatoms. The van der Waals surface area contributed by atoms with Crippen molar-refractivity contribution < 1.29 is 19.4 Å². The van der Waals surface area contributed by atoms with Gasteiger partial charge in [0, 0.05) is 37.1 Å². The van der Waals surface area contributed by atoms with Crippen molar-refractivity contribution in [3.8, 4) is 5.75 Å². The number of hydrogen-bond donors (Lipinski definition) is 1. The lowest BCUT2D eigenvalue weighted by atomic mass is 9.94. The highest BCUT2D eigenvalue weighted by atomic mass is 16.5. The van der Waals surface area contributed by atoms with E-state index in [-0.39, 0.29) is 11.3 Å². The molecule has 2 aliphatic heterocycles. The van der Waals surface area contributed by atoms with Crippen LogP contribution in [0.2, 0.25) is 0 Å². The van der Waals surface area contributed by atoms with Crippen molar-refractivity contribution in [2.75, 3.05) is 48.0 Å². The second-order valence-corrected chi connectivity index (χ2v) is 9.72. The maximum Gasteiger partial charge on any atom is 0.300 e. The molecular formula is C31H33N3O4. The van der Waals surface area contributed by atoms with Gasteiger partial charge in [0.25, 0.3) is 11.7 Å². The van der Waals surface area contributed by atoms with E-state index in [2.05, 4.69) is 18.7 Å². The molecule has 3 aromatic carbocycles. The highest BCUT2D eigenvalue weighted by Gasteiger charge is 2.47. The van der Waals surface area contributed by atoms with Gasteiger partial charge in [-0.25, -0.2) is 0 Å². The van der Waals surface area contributed by atoms with Crippen LogP contribution < -0.4 is 19.4 Å². The SMILES string of the molecule is CCN(CC)c1ccc(N2C(=O)C(=O)/C(=C(\O)c3ccc4c(c3)N(C)CCO4)C2c2cccc(C)c2)cc1. The zero-order chi connectivity index (χ0) is 27.0. The number of rotatable bonds is 6. The maximum atomic E-state index is 13.5. The summed E-state index contributed by atoms with van der Waals surface area (Å²) in [4.78, 5) is 32.8. The molecule has 0 saturated carbocycles. The summed E-state index contributed by atoms with van der Waals surface area (Å²) < 4.78 is 5.74. The fraction of sp³-hybridized carbons (Fsp3) is 0.290. The molecule has 0 radical (unpaired) electrons. The van der Waals surface area contributed by atoms with Crippen LogP contribution in [-0.4, -0.2) is 50.1 Å². The van der Waals surface area contributed by atoms with Crippen LogP contribution in [0.25, 0.3) is 5.76 Å². The fourth-order valence-corrected chi connectivity index (χ4v) is 5.32. The Morgan fingerprint density at radius 1 is 1.03 bits per heavy atom. The number of fused-ring (bicyclic) bond motifs is 1. The Labute approximate surface area is 223 Å². The minimum absolute atomic E-state index is 0.0766. The van der Waals surface area contributed by atoms with Crippen molar-refractivity contribution in [3.05, 3.63) is 89.0 Å². The van der Waals surface area contributed by atoms with E-state index in [0.29, 0.717) is 24.4 Å². The molecule has 38 heavy (non-hydrogen) atoms. The third-order valence-electron chi connectivity index (χ3n) is 7.39. The monoisotopic (exact) mass is 511 g/mol. The van der Waals surface area contributed by atoms with Crippen LogP contribution in [-0.2, 0) is 9.59 Å². The van der Waals surface area contributed by atoms with Crippen LogP contribution >= 0.6 is 0 Å². The van der Waals surface area contributed by atoms with Gasteiger partial charge in [-0.15, -0.1) is 0 Å². The number of aliphatic hydroxyl groups excluding tert-OH is 1. The average Bonchev–Trinajstić information content (AvgIpc) is 3.19. The summed E-state index contributed by atoms with van der Waals surface area (Å²) in [5.74, 6) is -0.839. The predicted octanol–water partition coefficient (Wildman–Crippen LogP) is 5.30. The standard InChI is InChI=1S/C31H33N3O4/c1-5-33(6-2)23-11-13-24(14-12-23)34-28(21-9-7-8-20(3)18-21)27(30(36)31(34)37)29(35)22-10-15-26-25(19-22)32(4)16-17-38-26/h7-15,18-19,28,35H,5-6,16-17H2,1-4H3/b29-27-. The van der Waals surface area contributed by atoms with E-state index < -0.39 is 17.7 Å². The number of carbonyl (C=O) groups excluding carboxylic acids is 2. The minimum Gasteiger partial charge on any atom is -0.507 e. The van der Waals surface area contributed by atoms with E-state index in [0.717, 1.165) is 41.3 Å². The van der Waals surface area contributed by atoms with Gasteiger partial charge in [0.15, 0.2) is 0 Å². The summed E-state index contributed by atoms with van der Waals surface area (Å²) in [5, 5.41) is 11.6. The molecule has 2 heterocycles. The number of anilines is 3. The molecule has 2 aliphatic rings. The second-order valence-electron chi connectivity index (χ2n) is 9.72. The number of aryl methyl sites for hydroxylation is 1. The predicted molar refractivity (Wildman–Crippen MR) is 151 cm³/mol. The van der Waals surface area contributed by atoms with Crippen molar-refractivity contribution in [1.82, 2.24) is 0 Å². The Hall–Kier alpha value is -4.26. The van der Waals surface area contributed by atoms with Crippen LogP contribution in [0.15, 0.2) is 72.3 Å². The first-order chi connectivity index (χ1) is 18.3. The van der Waals surface area contributed by atoms with Gasteiger partial charge in [-0.1, -0.05) is 29.8 Å². The Kier molecular flexibility index (Phi) is 6.85. The van der Waals surface area contributed by atoms with Gasteiger partial charge in [0.05, 0.1) is 23.8 Å². The van der Waals surface area contributed by atoms with E-state index >= 15 is 0 Å². The molecule has 0 aliphatic carbocycles. The van der Waals surface area contributed by atoms with Crippen molar-refractivity contribution >= 4 is 34.5 Å². The van der Waals surface area contributed by atoms with Gasteiger partial charge in [0.2, 0.25) is 0 Å². The van der Waals surface area contributed by atoms with E-state index in [1.54, 1.807) is 12.1 Å². The summed E-state index contributed by atoms with van der Waals surface area (Å²) in [7, 11) is 1.96. The number of hydrogen-bond acceptors (Lipinski definition) is 6. The van der Waals surface area contributed by atoms with Gasteiger partial charge >= 0.3 is 0 Å². The van der Waals surface area contributed by atoms with Crippen molar-refractivity contribution in [2.45, 2.75) is 26.8 Å². The lowest BCUT2D eigenvalue weighted by Gasteiger charge is -2.28. The van der Waals surface area contributed by atoms with Gasteiger partial charge < -0.3 is 19.6 Å². The second kappa shape index (κ2) is 10.2. The minimum atomic E-state index is -0.765. The Bertz CT molecular complexity index is 1410. The molecule has 7 nitrogen and oxygen atoms in total. The first kappa shape index (κ1) is 25.4. The smallest absolute Gasteiger partial charge is 0.300 e. The van der Waals surface area contributed by atoms with Crippen LogP contribution in [0, 0.1) is 6.92 Å². The third kappa shape index (κ3) is 4.38. The van der Waals surface area contributed by atoms with E-state index in [4.69, 9.17) is 4.74 Å². The summed E-state index contributed by atoms with van der Waals surface area (Å²) in [6.07, 6.45) is 0.